The zero-order valence-electron chi connectivity index (χ0n) is 49.9. The molecule has 0 amide bonds. The number of para-hydroxylation sites is 2. The Kier molecular flexibility index (Phi) is 13.2. The van der Waals surface area contributed by atoms with Gasteiger partial charge in [0.2, 0.25) is 0 Å². The molecule has 0 radical (unpaired) electrons. The van der Waals surface area contributed by atoms with Gasteiger partial charge in [0.1, 0.15) is 11.6 Å². The van der Waals surface area contributed by atoms with Crippen molar-refractivity contribution >= 4 is 38.5 Å². The van der Waals surface area contributed by atoms with Crippen molar-refractivity contribution in [2.24, 2.45) is 0 Å². The number of phenols is 1. The van der Waals surface area contributed by atoms with Crippen molar-refractivity contribution in [3.63, 3.8) is 0 Å². The van der Waals surface area contributed by atoms with Gasteiger partial charge in [-0.15, -0.1) is 0 Å². The van der Waals surface area contributed by atoms with Crippen LogP contribution in [-0.4, -0.2) is 24.2 Å². The van der Waals surface area contributed by atoms with E-state index in [0.717, 1.165) is 67.0 Å². The fourth-order valence-electron chi connectivity index (χ4n) is 11.2. The van der Waals surface area contributed by atoms with Crippen LogP contribution in [0.2, 0.25) is 0 Å². The molecule has 0 aliphatic rings. The molecule has 0 unspecified atom stereocenters. The molecule has 0 aliphatic carbocycles. The zero-order valence-corrected chi connectivity index (χ0v) is 49.9. The fourth-order valence-corrected chi connectivity index (χ4v) is 11.2. The van der Waals surface area contributed by atoms with E-state index in [0.29, 0.717) is 17.1 Å². The summed E-state index contributed by atoms with van der Waals surface area (Å²) in [5.74, 6) is 0.631. The van der Waals surface area contributed by atoms with E-state index >= 15 is 0 Å². The maximum absolute atomic E-state index is 11.6. The Morgan fingerprint density at radius 3 is 1.60 bits per heavy atom. The van der Waals surface area contributed by atoms with Crippen LogP contribution in [0.5, 0.6) is 5.75 Å². The summed E-state index contributed by atoms with van der Waals surface area (Å²) in [6, 6.07) is 61.2. The molecule has 6 heteroatoms. The van der Waals surface area contributed by atoms with Crippen LogP contribution in [0.4, 0.5) is 5.69 Å². The van der Waals surface area contributed by atoms with Crippen LogP contribution >= 0.6 is 0 Å². The molecule has 11 rings (SSSR count). The summed E-state index contributed by atoms with van der Waals surface area (Å²) in [5.41, 5.74) is 21.2. The van der Waals surface area contributed by atoms with Crippen LogP contribution in [0, 0.1) is 6.57 Å². The molecular weight excluding hydrogens is 987 g/mol. The Balaban J connectivity index is 1.06. The van der Waals surface area contributed by atoms with E-state index in [-0.39, 0.29) is 32.8 Å². The van der Waals surface area contributed by atoms with Gasteiger partial charge in [-0.3, -0.25) is 9.55 Å². The van der Waals surface area contributed by atoms with Crippen LogP contribution in [-0.2, 0) is 27.1 Å². The standard InChI is InChI=1S/C75H75N5O/c1-71(2,3)52-36-50(60-24-20-26-66-69(60)78-70(63-45-57(76-16)28-30-68(63)81)80(66)59-43-55(74(10,11)12)42-56(44-59)75(13,14)15)33-51(37-52)64-39-48(31-32-77-64)47-27-29-62-61-23-17-18-25-65(61)79(67(62)40-47)58-22-19-21-46(38-58)49-34-53(72(4,5)6)41-54(35-49)73(7,8)9/h17-45,81H,1-15H3. The lowest BCUT2D eigenvalue weighted by Gasteiger charge is -2.27. The first kappa shape index (κ1) is 54.4. The molecule has 0 spiro atoms. The molecule has 81 heavy (non-hydrogen) atoms. The number of nitrogens with zero attached hydrogens (tertiary/aromatic N) is 5. The average molecular weight is 1060 g/mol. The van der Waals surface area contributed by atoms with E-state index in [1.165, 1.54) is 49.7 Å². The highest BCUT2D eigenvalue weighted by Gasteiger charge is 2.27. The number of aromatic hydroxyl groups is 1. The molecule has 0 atom stereocenters. The number of benzene rings is 8. The summed E-state index contributed by atoms with van der Waals surface area (Å²) < 4.78 is 4.60. The van der Waals surface area contributed by atoms with Gasteiger partial charge in [-0.25, -0.2) is 9.83 Å². The molecule has 406 valence electrons. The van der Waals surface area contributed by atoms with Gasteiger partial charge in [-0.2, -0.15) is 0 Å². The van der Waals surface area contributed by atoms with Crippen molar-refractivity contribution in [2.75, 3.05) is 0 Å². The molecule has 1 N–H and O–H groups in total. The minimum Gasteiger partial charge on any atom is -0.507 e. The zero-order chi connectivity index (χ0) is 57.7. The van der Waals surface area contributed by atoms with Gasteiger partial charge in [0.05, 0.1) is 34.3 Å². The van der Waals surface area contributed by atoms with Gasteiger partial charge < -0.3 is 9.67 Å². The van der Waals surface area contributed by atoms with Crippen LogP contribution in [0.3, 0.4) is 0 Å². The Bertz CT molecular complexity index is 4260. The Morgan fingerprint density at radius 2 is 0.951 bits per heavy atom. The first-order valence-corrected chi connectivity index (χ1v) is 28.5. The number of aromatic nitrogens is 4. The third-order valence-corrected chi connectivity index (χ3v) is 16.2. The van der Waals surface area contributed by atoms with Crippen LogP contribution in [0.1, 0.15) is 132 Å². The molecule has 0 aliphatic heterocycles. The maximum Gasteiger partial charge on any atom is 0.188 e. The Morgan fingerprint density at radius 1 is 0.395 bits per heavy atom. The van der Waals surface area contributed by atoms with Crippen molar-refractivity contribution in [3.8, 4) is 73.2 Å². The minimum absolute atomic E-state index is 0.00374. The third kappa shape index (κ3) is 10.4. The van der Waals surface area contributed by atoms with E-state index < -0.39 is 0 Å². The largest absolute Gasteiger partial charge is 0.507 e. The summed E-state index contributed by atoms with van der Waals surface area (Å²) in [6.45, 7) is 42.0. The smallest absolute Gasteiger partial charge is 0.188 e. The molecule has 0 saturated heterocycles. The highest BCUT2D eigenvalue weighted by Crippen LogP contribution is 2.44. The number of hydrogen-bond donors (Lipinski definition) is 1. The fraction of sp³-hybridized carbons (Fsp3) is 0.267. The third-order valence-electron chi connectivity index (χ3n) is 16.2. The van der Waals surface area contributed by atoms with Gasteiger partial charge in [0.25, 0.3) is 0 Å². The first-order valence-electron chi connectivity index (χ1n) is 28.5. The summed E-state index contributed by atoms with van der Waals surface area (Å²) in [4.78, 5) is 14.4. The normalized spacial score (nSPS) is 12.7. The highest BCUT2D eigenvalue weighted by molar-refractivity contribution is 6.10. The number of phenolic OH excluding ortho intramolecular Hbond substituents is 1. The number of hydrogen-bond acceptors (Lipinski definition) is 3. The van der Waals surface area contributed by atoms with Crippen LogP contribution < -0.4 is 0 Å². The van der Waals surface area contributed by atoms with Crippen molar-refractivity contribution < 1.29 is 5.11 Å². The van der Waals surface area contributed by atoms with Gasteiger partial charge in [0.15, 0.2) is 5.69 Å². The predicted molar refractivity (Wildman–Crippen MR) is 342 cm³/mol. The minimum atomic E-state index is -0.205. The molecule has 0 fully saturated rings. The summed E-state index contributed by atoms with van der Waals surface area (Å²) in [6.07, 6.45) is 1.94. The van der Waals surface area contributed by atoms with E-state index in [1.807, 2.05) is 6.20 Å². The summed E-state index contributed by atoms with van der Waals surface area (Å²) in [7, 11) is 0. The van der Waals surface area contributed by atoms with Crippen molar-refractivity contribution in [2.45, 2.75) is 131 Å². The second-order valence-corrected chi connectivity index (χ2v) is 27.4. The Labute approximate surface area is 479 Å². The van der Waals surface area contributed by atoms with Gasteiger partial charge >= 0.3 is 0 Å². The molecule has 6 nitrogen and oxygen atoms in total. The second kappa shape index (κ2) is 19.6. The lowest BCUT2D eigenvalue weighted by atomic mass is 9.79. The van der Waals surface area contributed by atoms with E-state index in [4.69, 9.17) is 16.5 Å². The average Bonchev–Trinajstić information content (AvgIpc) is 3.11. The van der Waals surface area contributed by atoms with Gasteiger partial charge in [-0.1, -0.05) is 195 Å². The van der Waals surface area contributed by atoms with Crippen molar-refractivity contribution in [1.29, 1.82) is 0 Å². The first-order chi connectivity index (χ1) is 38.1. The van der Waals surface area contributed by atoms with E-state index in [9.17, 15) is 5.11 Å². The molecule has 0 saturated carbocycles. The number of pyridine rings is 1. The summed E-state index contributed by atoms with van der Waals surface area (Å²) >= 11 is 0. The summed E-state index contributed by atoms with van der Waals surface area (Å²) in [5, 5.41) is 14.0. The number of rotatable bonds is 7. The molecule has 0 bridgehead atoms. The molecule has 3 aromatic heterocycles. The van der Waals surface area contributed by atoms with Gasteiger partial charge in [0, 0.05) is 45.0 Å². The van der Waals surface area contributed by atoms with Crippen molar-refractivity contribution in [1.82, 2.24) is 19.1 Å². The van der Waals surface area contributed by atoms with E-state index in [1.54, 1.807) is 18.2 Å². The van der Waals surface area contributed by atoms with Crippen LogP contribution in [0.25, 0.3) is 105 Å². The van der Waals surface area contributed by atoms with Gasteiger partial charge in [-0.05, 0) is 162 Å². The quantitative estimate of drug-likeness (QED) is 0.162. The molecular formula is C75H75N5O. The monoisotopic (exact) mass is 1060 g/mol. The maximum atomic E-state index is 11.6. The second-order valence-electron chi connectivity index (χ2n) is 27.4. The number of imidazole rings is 1. The molecule has 8 aromatic carbocycles. The lowest BCUT2D eigenvalue weighted by Crippen LogP contribution is -2.17. The van der Waals surface area contributed by atoms with Crippen molar-refractivity contribution in [3.05, 3.63) is 215 Å². The lowest BCUT2D eigenvalue weighted by molar-refractivity contribution is 0.477. The number of fused-ring (bicyclic) bond motifs is 4. The Hall–Kier alpha value is -8.53. The predicted octanol–water partition coefficient (Wildman–Crippen LogP) is 20.6. The SMILES string of the molecule is [C-]#[N+]c1ccc(O)c(-c2nc3c(-c4cc(-c5cc(-c6ccc7c8ccccc8n(-c8cccc(-c9cc(C(C)(C)C)cc(C(C)(C)C)c9)c8)c7c6)ccn5)cc(C(C)(C)C)c4)cccc3n2-c2cc(C(C)(C)C)cc(C(C)(C)C)c2)c1. The van der Waals surface area contributed by atoms with Crippen LogP contribution in [0.15, 0.2) is 176 Å². The topological polar surface area (TPSA) is 60.2 Å². The molecule has 3 heterocycles. The molecule has 11 aromatic rings. The van der Waals surface area contributed by atoms with E-state index in [2.05, 4.69) is 269 Å². The highest BCUT2D eigenvalue weighted by atomic mass is 16.3.